The number of amides is 1. The highest BCUT2D eigenvalue weighted by Gasteiger charge is 2.47. The van der Waals surface area contributed by atoms with Gasteiger partial charge in [0.2, 0.25) is 0 Å². The summed E-state index contributed by atoms with van der Waals surface area (Å²) in [4.78, 5) is 12.4. The molecule has 1 heterocycles. The van der Waals surface area contributed by atoms with E-state index in [1.807, 2.05) is 0 Å². The molecule has 1 aliphatic heterocycles. The zero-order valence-corrected chi connectivity index (χ0v) is 6.55. The zero-order chi connectivity index (χ0) is 7.90. The van der Waals surface area contributed by atoms with E-state index in [0.717, 1.165) is 32.2 Å². The summed E-state index contributed by atoms with van der Waals surface area (Å²) >= 11 is 0. The first-order chi connectivity index (χ1) is 5.25. The van der Waals surface area contributed by atoms with Crippen LogP contribution in [-0.4, -0.2) is 28.2 Å². The van der Waals surface area contributed by atoms with E-state index < -0.39 is 6.09 Å². The molecule has 3 nitrogen and oxygen atoms in total. The number of carboxylic acid groups (broad SMARTS) is 1. The largest absolute Gasteiger partial charge is 0.465 e. The third-order valence-corrected chi connectivity index (χ3v) is 3.11. The predicted octanol–water partition coefficient (Wildman–Crippen LogP) is 1.68. The quantitative estimate of drug-likeness (QED) is 0.578. The van der Waals surface area contributed by atoms with Crippen LogP contribution in [0.3, 0.4) is 0 Å². The monoisotopic (exact) mass is 155 g/mol. The maximum Gasteiger partial charge on any atom is 0.407 e. The lowest BCUT2D eigenvalue weighted by molar-refractivity contribution is 0.0543. The zero-order valence-electron chi connectivity index (χ0n) is 6.55. The van der Waals surface area contributed by atoms with Gasteiger partial charge >= 0.3 is 6.09 Å². The third kappa shape index (κ3) is 0.832. The summed E-state index contributed by atoms with van der Waals surface area (Å²) in [5, 5.41) is 8.84. The fraction of sp³-hybridized carbons (Fsp3) is 0.875. The predicted molar refractivity (Wildman–Crippen MR) is 40.5 cm³/mol. The molecular formula is C8H13NO2. The molecule has 2 fully saturated rings. The van der Waals surface area contributed by atoms with Crippen LogP contribution in [0, 0.1) is 0 Å². The van der Waals surface area contributed by atoms with Crippen molar-refractivity contribution in [1.82, 2.24) is 4.90 Å². The Morgan fingerprint density at radius 3 is 2.27 bits per heavy atom. The fourth-order valence-corrected chi connectivity index (χ4v) is 2.34. The van der Waals surface area contributed by atoms with Crippen LogP contribution in [0.1, 0.15) is 32.1 Å². The lowest BCUT2D eigenvalue weighted by Crippen LogP contribution is -2.51. The van der Waals surface area contributed by atoms with Crippen molar-refractivity contribution in [3.63, 3.8) is 0 Å². The number of carbonyl (C=O) groups is 1. The SMILES string of the molecule is O=C(O)N1CCCC12CCC2. The molecule has 0 bridgehead atoms. The Labute approximate surface area is 66.0 Å². The van der Waals surface area contributed by atoms with Crippen molar-refractivity contribution in [2.24, 2.45) is 0 Å². The lowest BCUT2D eigenvalue weighted by Gasteiger charge is -2.44. The van der Waals surface area contributed by atoms with E-state index in [2.05, 4.69) is 0 Å². The molecule has 3 heteroatoms. The molecule has 0 unspecified atom stereocenters. The van der Waals surface area contributed by atoms with Crippen molar-refractivity contribution >= 4 is 6.09 Å². The summed E-state index contributed by atoms with van der Waals surface area (Å²) in [5.74, 6) is 0. The highest BCUT2D eigenvalue weighted by molar-refractivity contribution is 5.67. The standard InChI is InChI=1S/C8H13NO2/c10-7(11)9-6-2-5-8(9)3-1-4-8/h1-6H2,(H,10,11). The number of hydrogen-bond donors (Lipinski definition) is 1. The fourth-order valence-electron chi connectivity index (χ4n) is 2.34. The van der Waals surface area contributed by atoms with Crippen LogP contribution in [0.25, 0.3) is 0 Å². The maximum absolute atomic E-state index is 10.7. The molecule has 2 aliphatic rings. The normalized spacial score (nSPS) is 27.1. The highest BCUT2D eigenvalue weighted by Crippen LogP contribution is 2.45. The third-order valence-electron chi connectivity index (χ3n) is 3.11. The van der Waals surface area contributed by atoms with Gasteiger partial charge in [0, 0.05) is 12.1 Å². The molecule has 0 aromatic carbocycles. The van der Waals surface area contributed by atoms with Gasteiger partial charge in [-0.15, -0.1) is 0 Å². The van der Waals surface area contributed by atoms with Crippen LogP contribution in [0.4, 0.5) is 4.79 Å². The van der Waals surface area contributed by atoms with Gasteiger partial charge in [0.1, 0.15) is 0 Å². The minimum absolute atomic E-state index is 0.0891. The number of hydrogen-bond acceptors (Lipinski definition) is 1. The van der Waals surface area contributed by atoms with E-state index in [4.69, 9.17) is 5.11 Å². The van der Waals surface area contributed by atoms with E-state index in [1.54, 1.807) is 4.90 Å². The second kappa shape index (κ2) is 2.13. The van der Waals surface area contributed by atoms with E-state index in [1.165, 1.54) is 6.42 Å². The van der Waals surface area contributed by atoms with Crippen LogP contribution >= 0.6 is 0 Å². The molecule has 0 aromatic heterocycles. The van der Waals surface area contributed by atoms with Crippen molar-refractivity contribution in [1.29, 1.82) is 0 Å². The van der Waals surface area contributed by atoms with Gasteiger partial charge in [0.25, 0.3) is 0 Å². The van der Waals surface area contributed by atoms with Gasteiger partial charge in [-0.2, -0.15) is 0 Å². The summed E-state index contributed by atoms with van der Waals surface area (Å²) in [6.07, 6.45) is 4.84. The molecule has 0 atom stereocenters. The second-order valence-corrected chi connectivity index (χ2v) is 3.62. The first kappa shape index (κ1) is 6.95. The maximum atomic E-state index is 10.7. The molecule has 62 valence electrons. The molecular weight excluding hydrogens is 142 g/mol. The van der Waals surface area contributed by atoms with Gasteiger partial charge in [0.05, 0.1) is 0 Å². The minimum Gasteiger partial charge on any atom is -0.465 e. The van der Waals surface area contributed by atoms with Gasteiger partial charge in [-0.25, -0.2) is 4.79 Å². The van der Waals surface area contributed by atoms with E-state index in [-0.39, 0.29) is 5.54 Å². The van der Waals surface area contributed by atoms with Crippen LogP contribution < -0.4 is 0 Å². The van der Waals surface area contributed by atoms with E-state index >= 15 is 0 Å². The molecule has 1 amide bonds. The van der Waals surface area contributed by atoms with Crippen molar-refractivity contribution in [3.05, 3.63) is 0 Å². The smallest absolute Gasteiger partial charge is 0.407 e. The Kier molecular flexibility index (Phi) is 1.34. The molecule has 0 aromatic rings. The Hall–Kier alpha value is -0.730. The van der Waals surface area contributed by atoms with Crippen molar-refractivity contribution in [3.8, 4) is 0 Å². The summed E-state index contributed by atoms with van der Waals surface area (Å²) in [7, 11) is 0. The van der Waals surface area contributed by atoms with Crippen LogP contribution in [0.2, 0.25) is 0 Å². The second-order valence-electron chi connectivity index (χ2n) is 3.62. The first-order valence-electron chi connectivity index (χ1n) is 4.25. The highest BCUT2D eigenvalue weighted by atomic mass is 16.4. The van der Waals surface area contributed by atoms with Gasteiger partial charge in [-0.1, -0.05) is 0 Å². The van der Waals surface area contributed by atoms with Crippen molar-refractivity contribution in [2.75, 3.05) is 6.54 Å². The van der Waals surface area contributed by atoms with Crippen LogP contribution in [0.15, 0.2) is 0 Å². The van der Waals surface area contributed by atoms with Crippen molar-refractivity contribution < 1.29 is 9.90 Å². The summed E-state index contributed by atoms with van der Waals surface area (Å²) in [5.41, 5.74) is 0.0891. The Morgan fingerprint density at radius 1 is 1.27 bits per heavy atom. The van der Waals surface area contributed by atoms with E-state index in [0.29, 0.717) is 0 Å². The average molecular weight is 155 g/mol. The average Bonchev–Trinajstić information content (AvgIpc) is 2.27. The number of nitrogens with zero attached hydrogens (tertiary/aromatic N) is 1. The van der Waals surface area contributed by atoms with Crippen LogP contribution in [0.5, 0.6) is 0 Å². The van der Waals surface area contributed by atoms with Gasteiger partial charge < -0.3 is 10.0 Å². The van der Waals surface area contributed by atoms with Crippen LogP contribution in [-0.2, 0) is 0 Å². The summed E-state index contributed by atoms with van der Waals surface area (Å²) in [6.45, 7) is 0.759. The molecule has 1 aliphatic carbocycles. The number of rotatable bonds is 0. The number of likely N-dealkylation sites (tertiary alicyclic amines) is 1. The topological polar surface area (TPSA) is 40.5 Å². The Bertz CT molecular complexity index is 187. The lowest BCUT2D eigenvalue weighted by atomic mass is 9.75. The van der Waals surface area contributed by atoms with Gasteiger partial charge in [0.15, 0.2) is 0 Å². The molecule has 1 saturated heterocycles. The summed E-state index contributed by atoms with van der Waals surface area (Å²) in [6, 6.07) is 0. The minimum atomic E-state index is -0.720. The molecule has 11 heavy (non-hydrogen) atoms. The summed E-state index contributed by atoms with van der Waals surface area (Å²) < 4.78 is 0. The molecule has 1 saturated carbocycles. The molecule has 0 radical (unpaired) electrons. The van der Waals surface area contributed by atoms with Gasteiger partial charge in [-0.05, 0) is 32.1 Å². The Balaban J connectivity index is 2.13. The van der Waals surface area contributed by atoms with E-state index in [9.17, 15) is 4.79 Å². The molecule has 2 rings (SSSR count). The molecule has 1 N–H and O–H groups in total. The first-order valence-corrected chi connectivity index (χ1v) is 4.25. The van der Waals surface area contributed by atoms with Gasteiger partial charge in [-0.3, -0.25) is 0 Å². The molecule has 1 spiro atoms. The van der Waals surface area contributed by atoms with Crippen molar-refractivity contribution in [2.45, 2.75) is 37.6 Å². The Morgan fingerprint density at radius 2 is 1.91 bits per heavy atom.